The Morgan fingerprint density at radius 2 is 2.26 bits per heavy atom. The smallest absolute Gasteiger partial charge is 0.253 e. The Morgan fingerprint density at radius 3 is 2.89 bits per heavy atom. The molecule has 0 saturated carbocycles. The van der Waals surface area contributed by atoms with Gasteiger partial charge in [-0.1, -0.05) is 24.2 Å². The average molecular weight is 263 g/mol. The van der Waals surface area contributed by atoms with Crippen LogP contribution >= 0.6 is 0 Å². The van der Waals surface area contributed by atoms with Crippen LogP contribution in [0.5, 0.6) is 0 Å². The van der Waals surface area contributed by atoms with Crippen molar-refractivity contribution >= 4 is 17.4 Å². The highest BCUT2D eigenvalue weighted by atomic mass is 16.5. The van der Waals surface area contributed by atoms with Crippen molar-refractivity contribution in [2.75, 3.05) is 11.9 Å². The van der Waals surface area contributed by atoms with E-state index in [0.717, 1.165) is 6.42 Å². The van der Waals surface area contributed by atoms with Crippen LogP contribution in [0.3, 0.4) is 0 Å². The Bertz CT molecular complexity index is 502. The van der Waals surface area contributed by atoms with Crippen LogP contribution in [0.1, 0.15) is 18.9 Å². The first-order valence-electron chi connectivity index (χ1n) is 6.13. The van der Waals surface area contributed by atoms with E-state index in [2.05, 4.69) is 10.5 Å². The Hall–Kier alpha value is -2.08. The molecule has 1 aliphatic heterocycles. The van der Waals surface area contributed by atoms with Crippen molar-refractivity contribution in [2.24, 2.45) is 16.8 Å². The van der Waals surface area contributed by atoms with E-state index in [9.17, 15) is 4.79 Å². The molecule has 19 heavy (non-hydrogen) atoms. The van der Waals surface area contributed by atoms with Crippen LogP contribution in [0.25, 0.3) is 0 Å². The molecule has 6 nitrogen and oxygen atoms in total. The number of carbonyl (C=O) groups is 1. The lowest BCUT2D eigenvalue weighted by Gasteiger charge is -2.16. The fraction of sp³-hybridized carbons (Fsp3) is 0.385. The third-order valence-corrected chi connectivity index (χ3v) is 3.21. The fourth-order valence-corrected chi connectivity index (χ4v) is 2.10. The predicted molar refractivity (Wildman–Crippen MR) is 71.1 cm³/mol. The van der Waals surface area contributed by atoms with E-state index in [0.29, 0.717) is 17.9 Å². The predicted octanol–water partition coefficient (Wildman–Crippen LogP) is 1.14. The van der Waals surface area contributed by atoms with Gasteiger partial charge in [-0.25, -0.2) is 0 Å². The van der Waals surface area contributed by atoms with Gasteiger partial charge in [0.1, 0.15) is 6.10 Å². The van der Waals surface area contributed by atoms with Crippen molar-refractivity contribution in [1.82, 2.24) is 0 Å². The lowest BCUT2D eigenvalue weighted by atomic mass is 10.0. The molecule has 1 heterocycles. The monoisotopic (exact) mass is 263 g/mol. The normalized spacial score (nSPS) is 23.3. The number of hydrogen-bond donors (Lipinski definition) is 3. The second kappa shape index (κ2) is 5.71. The molecule has 2 atom stereocenters. The Kier molecular flexibility index (Phi) is 4.01. The number of nitrogens with two attached hydrogens (primary N) is 1. The van der Waals surface area contributed by atoms with Crippen LogP contribution in [0.15, 0.2) is 29.4 Å². The molecule has 1 aromatic rings. The van der Waals surface area contributed by atoms with Crippen molar-refractivity contribution in [3.63, 3.8) is 0 Å². The molecule has 4 N–H and O–H groups in total. The van der Waals surface area contributed by atoms with Crippen molar-refractivity contribution in [3.8, 4) is 0 Å². The average Bonchev–Trinajstić information content (AvgIpc) is 2.85. The maximum atomic E-state index is 12.1. The zero-order valence-electron chi connectivity index (χ0n) is 10.7. The van der Waals surface area contributed by atoms with Gasteiger partial charge in [-0.2, -0.15) is 0 Å². The van der Waals surface area contributed by atoms with Crippen LogP contribution in [0, 0.1) is 5.92 Å². The van der Waals surface area contributed by atoms with Crippen molar-refractivity contribution in [1.29, 1.82) is 0 Å². The summed E-state index contributed by atoms with van der Waals surface area (Å²) < 4.78 is 5.40. The Balaban J connectivity index is 2.17. The number of anilines is 1. The van der Waals surface area contributed by atoms with E-state index >= 15 is 0 Å². The molecule has 0 aromatic heterocycles. The maximum absolute atomic E-state index is 12.1. The summed E-state index contributed by atoms with van der Waals surface area (Å²) in [5, 5.41) is 14.4. The zero-order valence-corrected chi connectivity index (χ0v) is 10.7. The maximum Gasteiger partial charge on any atom is 0.253 e. The second-order valence-corrected chi connectivity index (χ2v) is 4.58. The summed E-state index contributed by atoms with van der Waals surface area (Å²) in [5.74, 6) is -0.0597. The first kappa shape index (κ1) is 13.4. The van der Waals surface area contributed by atoms with E-state index in [-0.39, 0.29) is 17.7 Å². The van der Waals surface area contributed by atoms with Gasteiger partial charge in [-0.15, -0.1) is 0 Å². The van der Waals surface area contributed by atoms with Crippen LogP contribution in [-0.4, -0.2) is 29.7 Å². The molecule has 0 radical (unpaired) electrons. The van der Waals surface area contributed by atoms with E-state index in [1.165, 1.54) is 0 Å². The molecule has 0 bridgehead atoms. The van der Waals surface area contributed by atoms with Crippen molar-refractivity contribution < 1.29 is 14.7 Å². The molecular formula is C13H17N3O3. The third kappa shape index (κ3) is 2.85. The van der Waals surface area contributed by atoms with Crippen molar-refractivity contribution in [2.45, 2.75) is 19.4 Å². The van der Waals surface area contributed by atoms with Crippen LogP contribution < -0.4 is 11.1 Å². The Morgan fingerprint density at radius 1 is 1.53 bits per heavy atom. The Labute approximate surface area is 111 Å². The van der Waals surface area contributed by atoms with Gasteiger partial charge in [0.15, 0.2) is 5.84 Å². The standard InChI is InChI=1S/C13H17N3O3/c1-8-6-7-19-11(8)13(17)15-10-5-3-2-4-9(10)12(14)16-18/h2-5,8,11,18H,6-7H2,1H3,(H2,14,16)(H,15,17). The molecule has 1 amide bonds. The highest BCUT2D eigenvalue weighted by molar-refractivity contribution is 6.06. The minimum Gasteiger partial charge on any atom is -0.409 e. The topological polar surface area (TPSA) is 96.9 Å². The van der Waals surface area contributed by atoms with Gasteiger partial charge in [0.25, 0.3) is 5.91 Å². The minimum absolute atomic E-state index is 0.0451. The van der Waals surface area contributed by atoms with Gasteiger partial charge >= 0.3 is 0 Å². The number of hydrogen-bond acceptors (Lipinski definition) is 4. The van der Waals surface area contributed by atoms with E-state index in [1.54, 1.807) is 24.3 Å². The quantitative estimate of drug-likeness (QED) is 0.330. The molecule has 1 fully saturated rings. The molecule has 102 valence electrons. The molecule has 0 aliphatic carbocycles. The summed E-state index contributed by atoms with van der Waals surface area (Å²) in [5.41, 5.74) is 6.55. The number of para-hydroxylation sites is 1. The summed E-state index contributed by atoms with van der Waals surface area (Å²) >= 11 is 0. The number of ether oxygens (including phenoxy) is 1. The molecule has 1 aromatic carbocycles. The van der Waals surface area contributed by atoms with E-state index < -0.39 is 6.10 Å². The van der Waals surface area contributed by atoms with Crippen LogP contribution in [0.4, 0.5) is 5.69 Å². The molecular weight excluding hydrogens is 246 g/mol. The van der Waals surface area contributed by atoms with E-state index in [1.807, 2.05) is 6.92 Å². The second-order valence-electron chi connectivity index (χ2n) is 4.58. The van der Waals surface area contributed by atoms with E-state index in [4.69, 9.17) is 15.7 Å². The van der Waals surface area contributed by atoms with Gasteiger partial charge in [0.2, 0.25) is 0 Å². The van der Waals surface area contributed by atoms with Crippen molar-refractivity contribution in [3.05, 3.63) is 29.8 Å². The summed E-state index contributed by atoms with van der Waals surface area (Å²) in [4.78, 5) is 12.1. The molecule has 2 rings (SSSR count). The van der Waals surface area contributed by atoms with Gasteiger partial charge in [-0.05, 0) is 24.5 Å². The number of carbonyl (C=O) groups excluding carboxylic acids is 1. The van der Waals surface area contributed by atoms with Crippen LogP contribution in [-0.2, 0) is 9.53 Å². The van der Waals surface area contributed by atoms with Gasteiger partial charge in [-0.3, -0.25) is 4.79 Å². The summed E-state index contributed by atoms with van der Waals surface area (Å²) in [6.07, 6.45) is 0.431. The number of nitrogens with one attached hydrogen (secondary N) is 1. The van der Waals surface area contributed by atoms with Gasteiger partial charge in [0, 0.05) is 12.2 Å². The first-order chi connectivity index (χ1) is 9.13. The summed E-state index contributed by atoms with van der Waals surface area (Å²) in [7, 11) is 0. The highest BCUT2D eigenvalue weighted by Gasteiger charge is 2.31. The lowest BCUT2D eigenvalue weighted by Crippen LogP contribution is -2.32. The number of benzene rings is 1. The SMILES string of the molecule is CC1CCOC1C(=O)Nc1ccccc1/C(N)=N/O. The lowest BCUT2D eigenvalue weighted by molar-refractivity contribution is -0.126. The molecule has 0 spiro atoms. The molecule has 1 aliphatic rings. The molecule has 6 heteroatoms. The third-order valence-electron chi connectivity index (χ3n) is 3.21. The molecule has 1 saturated heterocycles. The van der Waals surface area contributed by atoms with Gasteiger partial charge < -0.3 is 21.0 Å². The fourth-order valence-electron chi connectivity index (χ4n) is 2.10. The zero-order chi connectivity index (χ0) is 13.8. The minimum atomic E-state index is -0.444. The highest BCUT2D eigenvalue weighted by Crippen LogP contribution is 2.22. The van der Waals surface area contributed by atoms with Crippen LogP contribution in [0.2, 0.25) is 0 Å². The number of amidine groups is 1. The summed E-state index contributed by atoms with van der Waals surface area (Å²) in [6, 6.07) is 6.88. The number of rotatable bonds is 3. The summed E-state index contributed by atoms with van der Waals surface area (Å²) in [6.45, 7) is 2.58. The van der Waals surface area contributed by atoms with Gasteiger partial charge in [0.05, 0.1) is 5.69 Å². The molecule has 2 unspecified atom stereocenters. The number of oxime groups is 1. The number of amides is 1. The number of nitrogens with zero attached hydrogens (tertiary/aromatic N) is 1. The first-order valence-corrected chi connectivity index (χ1v) is 6.13. The largest absolute Gasteiger partial charge is 0.409 e.